The summed E-state index contributed by atoms with van der Waals surface area (Å²) in [6.07, 6.45) is -4.47. The van der Waals surface area contributed by atoms with E-state index in [-0.39, 0.29) is 42.6 Å². The summed E-state index contributed by atoms with van der Waals surface area (Å²) in [6, 6.07) is 3.13. The number of alkyl halides is 6. The highest BCUT2D eigenvalue weighted by Gasteiger charge is 2.37. The number of hydrogen-bond donors (Lipinski definition) is 0. The molecular weight excluding hydrogens is 640 g/mol. The molecule has 1 aromatic carbocycles. The zero-order valence-electron chi connectivity index (χ0n) is 25.7. The lowest BCUT2D eigenvalue weighted by molar-refractivity contribution is -0.145. The molecule has 1 fully saturated rings. The van der Waals surface area contributed by atoms with Gasteiger partial charge < -0.3 is 14.5 Å². The summed E-state index contributed by atoms with van der Waals surface area (Å²) in [5, 5.41) is 12.3. The summed E-state index contributed by atoms with van der Waals surface area (Å²) in [4.78, 5) is 21.2. The number of hydrogen-bond acceptors (Lipinski definition) is 8. The smallest absolute Gasteiger partial charge is 0.416 e. The predicted octanol–water partition coefficient (Wildman–Crippen LogP) is 7.09. The molecule has 0 saturated heterocycles. The molecule has 2 heterocycles. The van der Waals surface area contributed by atoms with Crippen LogP contribution in [0.1, 0.15) is 68.2 Å². The van der Waals surface area contributed by atoms with Crippen LogP contribution in [0.25, 0.3) is 0 Å². The number of carbonyl (C=O) groups excluding carboxylic acids is 1. The number of rotatable bonds is 12. The number of carbonyl (C=O) groups is 1. The van der Waals surface area contributed by atoms with Crippen molar-refractivity contribution in [2.75, 3.05) is 29.5 Å². The second-order valence-electron chi connectivity index (χ2n) is 11.4. The minimum atomic E-state index is -4.99. The molecule has 0 amide bonds. The summed E-state index contributed by atoms with van der Waals surface area (Å²) in [5.74, 6) is 0.999. The van der Waals surface area contributed by atoms with Gasteiger partial charge in [0.2, 0.25) is 0 Å². The highest BCUT2D eigenvalue weighted by Crippen LogP contribution is 2.37. The molecular formula is C30H36ClF6N7O2. The number of aryl methyl sites for hydroxylation is 1. The Hall–Kier alpha value is -3.62. The van der Waals surface area contributed by atoms with Crippen LogP contribution in [0.3, 0.4) is 0 Å². The SMILES string of the molecule is CCOC(=O)CC1CCC(CN(CC)c2ncc(Cl)cc2CN(Cc2cc(C(F)(F)F)cc(C(F)(F)F)c2)c2nnn(C)n2)CC1. The Balaban J connectivity index is 1.60. The van der Waals surface area contributed by atoms with Crippen LogP contribution in [-0.4, -0.2) is 50.9 Å². The van der Waals surface area contributed by atoms with Gasteiger partial charge in [-0.25, -0.2) is 4.98 Å². The first-order chi connectivity index (χ1) is 21.7. The Bertz CT molecular complexity index is 1440. The summed E-state index contributed by atoms with van der Waals surface area (Å²) in [7, 11) is 1.49. The lowest BCUT2D eigenvalue weighted by Gasteiger charge is -2.34. The van der Waals surface area contributed by atoms with E-state index < -0.39 is 23.5 Å². The van der Waals surface area contributed by atoms with Gasteiger partial charge in [0.1, 0.15) is 5.82 Å². The third-order valence-corrected chi connectivity index (χ3v) is 8.17. The molecule has 0 N–H and O–H groups in total. The second-order valence-corrected chi connectivity index (χ2v) is 11.9. The van der Waals surface area contributed by atoms with Gasteiger partial charge in [0.15, 0.2) is 0 Å². The number of tetrazole rings is 1. The maximum atomic E-state index is 13.6. The van der Waals surface area contributed by atoms with Crippen molar-refractivity contribution in [3.8, 4) is 0 Å². The molecule has 16 heteroatoms. The first-order valence-corrected chi connectivity index (χ1v) is 15.4. The van der Waals surface area contributed by atoms with Crippen molar-refractivity contribution in [3.63, 3.8) is 0 Å². The quantitative estimate of drug-likeness (QED) is 0.149. The lowest BCUT2D eigenvalue weighted by atomic mass is 9.80. The van der Waals surface area contributed by atoms with E-state index in [1.165, 1.54) is 18.1 Å². The molecule has 9 nitrogen and oxygen atoms in total. The van der Waals surface area contributed by atoms with Crippen LogP contribution in [-0.2, 0) is 42.0 Å². The van der Waals surface area contributed by atoms with Gasteiger partial charge >= 0.3 is 18.3 Å². The van der Waals surface area contributed by atoms with E-state index in [4.69, 9.17) is 16.3 Å². The van der Waals surface area contributed by atoms with Crippen molar-refractivity contribution < 1.29 is 35.9 Å². The molecule has 1 aliphatic rings. The fourth-order valence-electron chi connectivity index (χ4n) is 5.76. The molecule has 4 rings (SSSR count). The number of esters is 1. The standard InChI is InChI=1S/C30H36ClF6N7O2/c1-4-43(16-20-8-6-19(7-9-20)12-26(45)46-5-2)27-22(13-25(31)15-38-27)18-44(28-39-41-42(3)40-28)17-21-10-23(29(32,33)34)14-24(11-21)30(35,36)37/h10-11,13-15,19-20H,4-9,12,16-18H2,1-3H3. The third-order valence-electron chi connectivity index (χ3n) is 7.96. The topological polar surface area (TPSA) is 89.3 Å². The minimum absolute atomic E-state index is 0.00219. The lowest BCUT2D eigenvalue weighted by Crippen LogP contribution is -2.34. The zero-order chi connectivity index (χ0) is 33.6. The van der Waals surface area contributed by atoms with E-state index in [9.17, 15) is 31.1 Å². The summed E-state index contributed by atoms with van der Waals surface area (Å²) in [6.45, 7) is 4.93. The van der Waals surface area contributed by atoms with Crippen molar-refractivity contribution in [3.05, 3.63) is 57.7 Å². The first-order valence-electron chi connectivity index (χ1n) is 15.0. The van der Waals surface area contributed by atoms with Crippen LogP contribution in [0.15, 0.2) is 30.5 Å². The van der Waals surface area contributed by atoms with E-state index in [1.54, 1.807) is 13.0 Å². The van der Waals surface area contributed by atoms with Crippen molar-refractivity contribution in [2.45, 2.75) is 71.4 Å². The number of pyridine rings is 1. The van der Waals surface area contributed by atoms with Gasteiger partial charge in [-0.3, -0.25) is 4.79 Å². The molecule has 46 heavy (non-hydrogen) atoms. The molecule has 3 aromatic rings. The van der Waals surface area contributed by atoms with Gasteiger partial charge in [-0.05, 0) is 86.4 Å². The molecule has 0 atom stereocenters. The largest absolute Gasteiger partial charge is 0.466 e. The molecule has 252 valence electrons. The molecule has 0 radical (unpaired) electrons. The van der Waals surface area contributed by atoms with Crippen LogP contribution in [0.2, 0.25) is 5.02 Å². The fourth-order valence-corrected chi connectivity index (χ4v) is 5.94. The Kier molecular flexibility index (Phi) is 11.4. The molecule has 1 aliphatic carbocycles. The van der Waals surface area contributed by atoms with Crippen LogP contribution >= 0.6 is 11.6 Å². The number of aromatic nitrogens is 5. The predicted molar refractivity (Wildman–Crippen MR) is 159 cm³/mol. The van der Waals surface area contributed by atoms with E-state index in [0.29, 0.717) is 60.6 Å². The van der Waals surface area contributed by atoms with Crippen LogP contribution in [0.5, 0.6) is 0 Å². The summed E-state index contributed by atoms with van der Waals surface area (Å²) >= 11 is 6.34. The maximum absolute atomic E-state index is 13.6. The zero-order valence-corrected chi connectivity index (χ0v) is 26.5. The van der Waals surface area contributed by atoms with Gasteiger partial charge in [-0.2, -0.15) is 31.1 Å². The average molecular weight is 676 g/mol. The Morgan fingerprint density at radius 2 is 1.59 bits per heavy atom. The maximum Gasteiger partial charge on any atom is 0.416 e. The fraction of sp³-hybridized carbons (Fsp3) is 0.567. The average Bonchev–Trinajstić information content (AvgIpc) is 3.42. The Morgan fingerprint density at radius 3 is 2.13 bits per heavy atom. The minimum Gasteiger partial charge on any atom is -0.466 e. The molecule has 2 aromatic heterocycles. The number of benzene rings is 1. The Labute approximate surface area is 267 Å². The summed E-state index contributed by atoms with van der Waals surface area (Å²) in [5.41, 5.74) is -2.48. The van der Waals surface area contributed by atoms with Gasteiger partial charge in [0, 0.05) is 37.8 Å². The molecule has 0 spiro atoms. The van der Waals surface area contributed by atoms with Crippen molar-refractivity contribution in [2.24, 2.45) is 18.9 Å². The number of nitrogens with zero attached hydrogens (tertiary/aromatic N) is 7. The molecule has 1 saturated carbocycles. The van der Waals surface area contributed by atoms with E-state index in [0.717, 1.165) is 30.5 Å². The Morgan fingerprint density at radius 1 is 0.957 bits per heavy atom. The van der Waals surface area contributed by atoms with Crippen molar-refractivity contribution >= 4 is 29.3 Å². The van der Waals surface area contributed by atoms with Crippen LogP contribution in [0.4, 0.5) is 38.1 Å². The normalized spacial score (nSPS) is 17.2. The molecule has 0 unspecified atom stereocenters. The van der Waals surface area contributed by atoms with Gasteiger partial charge in [0.25, 0.3) is 5.95 Å². The monoisotopic (exact) mass is 675 g/mol. The number of anilines is 2. The second kappa shape index (κ2) is 14.9. The van der Waals surface area contributed by atoms with Crippen LogP contribution in [0, 0.1) is 11.8 Å². The van der Waals surface area contributed by atoms with Gasteiger partial charge in [-0.1, -0.05) is 16.7 Å². The number of halogens is 7. The van der Waals surface area contributed by atoms with Gasteiger partial charge in [-0.15, -0.1) is 5.10 Å². The van der Waals surface area contributed by atoms with E-state index >= 15 is 0 Å². The van der Waals surface area contributed by atoms with Crippen LogP contribution < -0.4 is 9.80 Å². The summed E-state index contributed by atoms with van der Waals surface area (Å²) < 4.78 is 86.7. The third kappa shape index (κ3) is 9.46. The molecule has 0 bridgehead atoms. The van der Waals surface area contributed by atoms with E-state index in [2.05, 4.69) is 25.3 Å². The van der Waals surface area contributed by atoms with E-state index in [1.807, 2.05) is 6.92 Å². The highest BCUT2D eigenvalue weighted by atomic mass is 35.5. The molecule has 0 aliphatic heterocycles. The number of ether oxygens (including phenoxy) is 1. The highest BCUT2D eigenvalue weighted by molar-refractivity contribution is 6.30. The first kappa shape index (κ1) is 35.2. The van der Waals surface area contributed by atoms with Crippen molar-refractivity contribution in [1.82, 2.24) is 25.2 Å². The van der Waals surface area contributed by atoms with Gasteiger partial charge in [0.05, 0.1) is 36.3 Å². The van der Waals surface area contributed by atoms with Crippen molar-refractivity contribution in [1.29, 1.82) is 0 Å².